The molecule has 0 fully saturated rings. The van der Waals surface area contributed by atoms with E-state index >= 15 is 0 Å². The van der Waals surface area contributed by atoms with Crippen molar-refractivity contribution in [1.82, 2.24) is 15.1 Å². The molecule has 0 bridgehead atoms. The SMILES string of the molecule is O=C(c1cc(O)cc(O)c1)N1CCc2c([nH][nH]c2=O)C1. The maximum absolute atomic E-state index is 12.3. The van der Waals surface area contributed by atoms with E-state index < -0.39 is 0 Å². The van der Waals surface area contributed by atoms with Gasteiger partial charge in [-0.05, 0) is 18.6 Å². The molecule has 0 spiro atoms. The van der Waals surface area contributed by atoms with E-state index in [0.29, 0.717) is 30.8 Å². The number of fused-ring (bicyclic) bond motifs is 1. The molecule has 0 aliphatic carbocycles. The first kappa shape index (κ1) is 12.3. The number of nitrogens with one attached hydrogen (secondary N) is 2. The molecule has 3 rings (SSSR count). The molecule has 0 atom stereocenters. The van der Waals surface area contributed by atoms with E-state index in [9.17, 15) is 19.8 Å². The van der Waals surface area contributed by atoms with Crippen LogP contribution in [0.3, 0.4) is 0 Å². The monoisotopic (exact) mass is 275 g/mol. The Bertz CT molecular complexity index is 711. The number of aromatic amines is 2. The first-order chi connectivity index (χ1) is 9.54. The van der Waals surface area contributed by atoms with Crippen LogP contribution in [-0.2, 0) is 13.0 Å². The van der Waals surface area contributed by atoms with Gasteiger partial charge >= 0.3 is 0 Å². The number of rotatable bonds is 1. The van der Waals surface area contributed by atoms with Gasteiger partial charge in [-0.25, -0.2) is 0 Å². The summed E-state index contributed by atoms with van der Waals surface area (Å²) in [6, 6.07) is 3.77. The zero-order valence-electron chi connectivity index (χ0n) is 10.5. The summed E-state index contributed by atoms with van der Waals surface area (Å²) in [5.41, 5.74) is 1.43. The lowest BCUT2D eigenvalue weighted by Crippen LogP contribution is -2.36. The molecule has 4 N–H and O–H groups in total. The molecule has 1 amide bonds. The molecule has 0 saturated heterocycles. The Hall–Kier alpha value is -2.70. The summed E-state index contributed by atoms with van der Waals surface area (Å²) >= 11 is 0. The van der Waals surface area contributed by atoms with Gasteiger partial charge in [0.2, 0.25) is 0 Å². The molecule has 104 valence electrons. The number of hydrogen-bond donors (Lipinski definition) is 4. The van der Waals surface area contributed by atoms with Gasteiger partial charge in [-0.3, -0.25) is 14.7 Å². The van der Waals surface area contributed by atoms with E-state index in [0.717, 1.165) is 6.07 Å². The van der Waals surface area contributed by atoms with Crippen molar-refractivity contribution in [3.05, 3.63) is 45.4 Å². The van der Waals surface area contributed by atoms with E-state index in [1.807, 2.05) is 0 Å². The Morgan fingerprint density at radius 2 is 1.85 bits per heavy atom. The van der Waals surface area contributed by atoms with E-state index in [2.05, 4.69) is 10.2 Å². The van der Waals surface area contributed by atoms with Gasteiger partial charge in [0.05, 0.1) is 12.2 Å². The smallest absolute Gasteiger partial charge is 0.267 e. The number of carbonyl (C=O) groups is 1. The van der Waals surface area contributed by atoms with Gasteiger partial charge in [-0.15, -0.1) is 0 Å². The van der Waals surface area contributed by atoms with Crippen molar-refractivity contribution in [3.63, 3.8) is 0 Å². The molecule has 20 heavy (non-hydrogen) atoms. The molecular weight excluding hydrogens is 262 g/mol. The molecule has 1 aromatic carbocycles. The van der Waals surface area contributed by atoms with Crippen LogP contribution in [0.15, 0.2) is 23.0 Å². The topological polar surface area (TPSA) is 109 Å². The second kappa shape index (κ2) is 4.44. The Kier molecular flexibility index (Phi) is 2.74. The minimum absolute atomic E-state index is 0.151. The number of benzene rings is 1. The maximum Gasteiger partial charge on any atom is 0.267 e. The molecule has 1 aliphatic heterocycles. The lowest BCUT2D eigenvalue weighted by molar-refractivity contribution is 0.0731. The van der Waals surface area contributed by atoms with Crippen LogP contribution in [0.4, 0.5) is 0 Å². The fourth-order valence-corrected chi connectivity index (χ4v) is 2.41. The lowest BCUT2D eigenvalue weighted by atomic mass is 10.1. The van der Waals surface area contributed by atoms with Crippen molar-refractivity contribution in [2.75, 3.05) is 6.54 Å². The molecular formula is C13H13N3O4. The average molecular weight is 275 g/mol. The van der Waals surface area contributed by atoms with Crippen LogP contribution in [0.25, 0.3) is 0 Å². The normalized spacial score (nSPS) is 14.1. The Morgan fingerprint density at radius 3 is 2.55 bits per heavy atom. The summed E-state index contributed by atoms with van der Waals surface area (Å²) in [5, 5.41) is 24.1. The number of hydrogen-bond acceptors (Lipinski definition) is 4. The highest BCUT2D eigenvalue weighted by Crippen LogP contribution is 2.23. The van der Waals surface area contributed by atoms with Crippen LogP contribution in [0.5, 0.6) is 11.5 Å². The van der Waals surface area contributed by atoms with Gasteiger partial charge in [0.25, 0.3) is 11.5 Å². The maximum atomic E-state index is 12.3. The molecule has 0 radical (unpaired) electrons. The number of aromatic nitrogens is 2. The quantitative estimate of drug-likeness (QED) is 0.600. The molecule has 7 nitrogen and oxygen atoms in total. The van der Waals surface area contributed by atoms with Crippen LogP contribution in [0, 0.1) is 0 Å². The van der Waals surface area contributed by atoms with Crippen molar-refractivity contribution in [2.24, 2.45) is 0 Å². The summed E-state index contributed by atoms with van der Waals surface area (Å²) in [7, 11) is 0. The summed E-state index contributed by atoms with van der Waals surface area (Å²) in [6.07, 6.45) is 0.477. The van der Waals surface area contributed by atoms with E-state index in [1.54, 1.807) is 4.90 Å². The van der Waals surface area contributed by atoms with Crippen molar-refractivity contribution in [1.29, 1.82) is 0 Å². The fourth-order valence-electron chi connectivity index (χ4n) is 2.41. The van der Waals surface area contributed by atoms with Crippen LogP contribution < -0.4 is 5.56 Å². The first-order valence-electron chi connectivity index (χ1n) is 6.15. The molecule has 1 aliphatic rings. The summed E-state index contributed by atoms with van der Waals surface area (Å²) in [6.45, 7) is 0.715. The predicted molar refractivity (Wildman–Crippen MR) is 69.6 cm³/mol. The molecule has 2 heterocycles. The van der Waals surface area contributed by atoms with Gasteiger partial charge in [-0.2, -0.15) is 0 Å². The van der Waals surface area contributed by atoms with E-state index in [-0.39, 0.29) is 28.5 Å². The molecule has 0 saturated carbocycles. The highest BCUT2D eigenvalue weighted by atomic mass is 16.3. The van der Waals surface area contributed by atoms with Crippen molar-refractivity contribution < 1.29 is 15.0 Å². The molecule has 0 unspecified atom stereocenters. The summed E-state index contributed by atoms with van der Waals surface area (Å²) < 4.78 is 0. The van der Waals surface area contributed by atoms with Crippen molar-refractivity contribution in [3.8, 4) is 11.5 Å². The third-order valence-corrected chi connectivity index (χ3v) is 3.38. The zero-order valence-corrected chi connectivity index (χ0v) is 10.5. The van der Waals surface area contributed by atoms with Crippen LogP contribution in [-0.4, -0.2) is 37.8 Å². The third kappa shape index (κ3) is 2.03. The van der Waals surface area contributed by atoms with Crippen molar-refractivity contribution in [2.45, 2.75) is 13.0 Å². The van der Waals surface area contributed by atoms with Crippen LogP contribution in [0.1, 0.15) is 21.6 Å². The standard InChI is InChI=1S/C13H13N3O4/c17-8-3-7(4-9(18)5-8)13(20)16-2-1-10-11(6-16)14-15-12(10)19/h3-5,17-18H,1-2,6H2,(H2,14,15,19). The minimum Gasteiger partial charge on any atom is -0.508 e. The van der Waals surface area contributed by atoms with Crippen LogP contribution in [0.2, 0.25) is 0 Å². The Balaban J connectivity index is 1.87. The molecule has 1 aromatic heterocycles. The molecule has 2 aromatic rings. The van der Waals surface area contributed by atoms with E-state index in [1.165, 1.54) is 12.1 Å². The third-order valence-electron chi connectivity index (χ3n) is 3.38. The van der Waals surface area contributed by atoms with E-state index in [4.69, 9.17) is 0 Å². The molecule has 7 heteroatoms. The number of nitrogens with zero attached hydrogens (tertiary/aromatic N) is 1. The highest BCUT2D eigenvalue weighted by molar-refractivity contribution is 5.95. The number of carbonyl (C=O) groups excluding carboxylic acids is 1. The Morgan fingerprint density at radius 1 is 1.15 bits per heavy atom. The number of phenols is 2. The summed E-state index contributed by atoms with van der Waals surface area (Å²) in [5.74, 6) is -0.633. The Labute approximate surface area is 113 Å². The lowest BCUT2D eigenvalue weighted by Gasteiger charge is -2.26. The summed E-state index contributed by atoms with van der Waals surface area (Å²) in [4.78, 5) is 25.3. The second-order valence-corrected chi connectivity index (χ2v) is 4.75. The largest absolute Gasteiger partial charge is 0.508 e. The minimum atomic E-state index is -0.302. The number of H-pyrrole nitrogens is 2. The highest BCUT2D eigenvalue weighted by Gasteiger charge is 2.25. The first-order valence-corrected chi connectivity index (χ1v) is 6.15. The zero-order chi connectivity index (χ0) is 14.3. The van der Waals surface area contributed by atoms with Crippen LogP contribution >= 0.6 is 0 Å². The second-order valence-electron chi connectivity index (χ2n) is 4.75. The number of aromatic hydroxyl groups is 2. The predicted octanol–water partition coefficient (Wildman–Crippen LogP) is 0.313. The van der Waals surface area contributed by atoms with Crippen molar-refractivity contribution >= 4 is 5.91 Å². The fraction of sp³-hybridized carbons (Fsp3) is 0.231. The number of amides is 1. The number of phenolic OH excluding ortho intramolecular Hbond substituents is 2. The van der Waals surface area contributed by atoms with Gasteiger partial charge in [0.1, 0.15) is 11.5 Å². The van der Waals surface area contributed by atoms with Gasteiger partial charge in [0.15, 0.2) is 0 Å². The van der Waals surface area contributed by atoms with Gasteiger partial charge in [-0.1, -0.05) is 0 Å². The van der Waals surface area contributed by atoms with Gasteiger partial charge < -0.3 is 20.2 Å². The van der Waals surface area contributed by atoms with Gasteiger partial charge in [0, 0.05) is 23.7 Å². The average Bonchev–Trinajstić information content (AvgIpc) is 2.78.